The minimum Gasteiger partial charge on any atom is -0.344 e. The summed E-state index contributed by atoms with van der Waals surface area (Å²) in [7, 11) is 0. The zero-order chi connectivity index (χ0) is 24.0. The van der Waals surface area contributed by atoms with Crippen LogP contribution in [0, 0.1) is 0 Å². The van der Waals surface area contributed by atoms with E-state index in [1.807, 2.05) is 12.1 Å². The summed E-state index contributed by atoms with van der Waals surface area (Å²) >= 11 is 6.19. The van der Waals surface area contributed by atoms with Crippen molar-refractivity contribution in [2.24, 2.45) is 0 Å². The maximum atomic E-state index is 13.4. The van der Waals surface area contributed by atoms with Gasteiger partial charge in [0.1, 0.15) is 5.69 Å². The van der Waals surface area contributed by atoms with Gasteiger partial charge in [0.15, 0.2) is 5.69 Å². The molecule has 0 aliphatic heterocycles. The Balaban J connectivity index is 1.56. The average molecular weight is 485 g/mol. The number of hydrogen-bond acceptors (Lipinski definition) is 2. The second-order valence-corrected chi connectivity index (χ2v) is 8.41. The third kappa shape index (κ3) is 3.77. The second kappa shape index (κ2) is 8.36. The number of para-hydroxylation sites is 1. The van der Waals surface area contributed by atoms with E-state index in [0.717, 1.165) is 46.6 Å². The summed E-state index contributed by atoms with van der Waals surface area (Å²) in [4.78, 5) is 13.1. The van der Waals surface area contributed by atoms with Gasteiger partial charge in [0.25, 0.3) is 5.91 Å². The van der Waals surface area contributed by atoms with Gasteiger partial charge in [-0.05, 0) is 50.1 Å². The van der Waals surface area contributed by atoms with E-state index in [4.69, 9.17) is 11.6 Å². The van der Waals surface area contributed by atoms with Crippen LogP contribution in [0.1, 0.15) is 40.8 Å². The molecule has 0 unspecified atom stereocenters. The highest BCUT2D eigenvalue weighted by Gasteiger charge is 2.36. The van der Waals surface area contributed by atoms with E-state index < -0.39 is 17.8 Å². The number of amides is 1. The number of halogens is 4. The van der Waals surface area contributed by atoms with E-state index in [1.54, 1.807) is 18.2 Å². The van der Waals surface area contributed by atoms with Crippen molar-refractivity contribution in [2.75, 3.05) is 5.32 Å². The summed E-state index contributed by atoms with van der Waals surface area (Å²) in [6.45, 7) is 2.91. The van der Waals surface area contributed by atoms with Gasteiger partial charge in [-0.15, -0.1) is 0 Å². The molecule has 5 rings (SSSR count). The minimum absolute atomic E-state index is 0.175. The Morgan fingerprint density at radius 2 is 1.97 bits per heavy atom. The molecular weight excluding hydrogens is 465 g/mol. The van der Waals surface area contributed by atoms with Crippen molar-refractivity contribution in [1.82, 2.24) is 14.3 Å². The van der Waals surface area contributed by atoms with Crippen LogP contribution in [0.5, 0.6) is 0 Å². The van der Waals surface area contributed by atoms with Crippen molar-refractivity contribution in [1.29, 1.82) is 0 Å². The van der Waals surface area contributed by atoms with E-state index in [-0.39, 0.29) is 16.4 Å². The van der Waals surface area contributed by atoms with E-state index >= 15 is 0 Å². The van der Waals surface area contributed by atoms with Crippen LogP contribution in [0.15, 0.2) is 54.6 Å². The van der Waals surface area contributed by atoms with Crippen molar-refractivity contribution in [3.05, 3.63) is 82.3 Å². The molecule has 0 bridgehead atoms. The molecule has 0 saturated heterocycles. The number of aromatic nitrogens is 3. The first-order valence-corrected chi connectivity index (χ1v) is 11.2. The molecule has 1 aliphatic carbocycles. The molecule has 174 valence electrons. The Hall–Kier alpha value is -3.52. The summed E-state index contributed by atoms with van der Waals surface area (Å²) < 4.78 is 43.4. The van der Waals surface area contributed by atoms with Crippen LogP contribution in [0.3, 0.4) is 0 Å². The number of aryl methyl sites for hydroxylation is 1. The Morgan fingerprint density at radius 1 is 1.18 bits per heavy atom. The van der Waals surface area contributed by atoms with Crippen molar-refractivity contribution in [3.63, 3.8) is 0 Å². The van der Waals surface area contributed by atoms with Gasteiger partial charge in [-0.2, -0.15) is 18.3 Å². The summed E-state index contributed by atoms with van der Waals surface area (Å²) in [5, 5.41) is 7.53. The zero-order valence-electron chi connectivity index (χ0n) is 18.2. The molecule has 1 N–H and O–H groups in total. The van der Waals surface area contributed by atoms with Crippen LogP contribution in [-0.4, -0.2) is 20.3 Å². The number of rotatable bonds is 4. The van der Waals surface area contributed by atoms with Crippen LogP contribution in [0.25, 0.3) is 22.7 Å². The molecule has 0 spiro atoms. The standard InChI is InChI=1S/C25H20ClF3N4O/c1-2-32-19-9-5-3-7-16(19)17-13-15(11-12-20(17)32)30-24(34)22-14-23(25(27,28)29)31-33(22)21-10-6-4-8-18(21)26/h3-4,6-8,10-14H,2,5,9H2,1H3,(H,30,34). The number of allylic oxidation sites excluding steroid dienone is 1. The Morgan fingerprint density at radius 3 is 2.71 bits per heavy atom. The molecule has 0 radical (unpaired) electrons. The smallest absolute Gasteiger partial charge is 0.344 e. The summed E-state index contributed by atoms with van der Waals surface area (Å²) in [5.74, 6) is -0.721. The van der Waals surface area contributed by atoms with E-state index in [0.29, 0.717) is 5.69 Å². The predicted octanol–water partition coefficient (Wildman–Crippen LogP) is 6.73. The number of fused-ring (bicyclic) bond motifs is 3. The number of benzene rings is 2. The fourth-order valence-electron chi connectivity index (χ4n) is 4.43. The molecular formula is C25H20ClF3N4O. The summed E-state index contributed by atoms with van der Waals surface area (Å²) in [6, 6.07) is 12.5. The lowest BCUT2D eigenvalue weighted by atomic mass is 10.0. The fourth-order valence-corrected chi connectivity index (χ4v) is 4.65. The zero-order valence-corrected chi connectivity index (χ0v) is 18.9. The monoisotopic (exact) mass is 484 g/mol. The van der Waals surface area contributed by atoms with Crippen molar-refractivity contribution < 1.29 is 18.0 Å². The fraction of sp³-hybridized carbons (Fsp3) is 0.200. The quantitative estimate of drug-likeness (QED) is 0.349. The maximum absolute atomic E-state index is 13.4. The predicted molar refractivity (Wildman–Crippen MR) is 126 cm³/mol. The third-order valence-corrected chi connectivity index (χ3v) is 6.25. The van der Waals surface area contributed by atoms with Gasteiger partial charge < -0.3 is 9.88 Å². The number of nitrogens with one attached hydrogen (secondary N) is 1. The lowest BCUT2D eigenvalue weighted by Gasteiger charge is -2.10. The van der Waals surface area contributed by atoms with Gasteiger partial charge in [0, 0.05) is 40.5 Å². The van der Waals surface area contributed by atoms with Crippen LogP contribution < -0.4 is 5.32 Å². The SMILES string of the molecule is CCn1c2c(c3cc(NC(=O)c4cc(C(F)(F)F)nn4-c4ccccc4Cl)ccc31)C=CCC2. The topological polar surface area (TPSA) is 51.9 Å². The first-order chi connectivity index (χ1) is 16.3. The first-order valence-electron chi connectivity index (χ1n) is 10.8. The lowest BCUT2D eigenvalue weighted by Crippen LogP contribution is -2.17. The Bertz CT molecular complexity index is 1450. The maximum Gasteiger partial charge on any atom is 0.435 e. The van der Waals surface area contributed by atoms with Gasteiger partial charge in [0.05, 0.1) is 10.7 Å². The third-order valence-electron chi connectivity index (χ3n) is 5.93. The molecule has 0 atom stereocenters. The van der Waals surface area contributed by atoms with Gasteiger partial charge in [-0.25, -0.2) is 4.68 Å². The number of alkyl halides is 3. The van der Waals surface area contributed by atoms with Gasteiger partial charge >= 0.3 is 6.18 Å². The van der Waals surface area contributed by atoms with Crippen molar-refractivity contribution in [2.45, 2.75) is 32.5 Å². The number of anilines is 1. The highest BCUT2D eigenvalue weighted by molar-refractivity contribution is 6.32. The van der Waals surface area contributed by atoms with E-state index in [1.165, 1.54) is 17.8 Å². The summed E-state index contributed by atoms with van der Waals surface area (Å²) in [6.07, 6.45) is 1.40. The van der Waals surface area contributed by atoms with Crippen LogP contribution in [0.4, 0.5) is 18.9 Å². The number of nitrogens with zero attached hydrogens (tertiary/aromatic N) is 3. The van der Waals surface area contributed by atoms with E-state index in [9.17, 15) is 18.0 Å². The normalized spacial score (nSPS) is 13.3. The highest BCUT2D eigenvalue weighted by Crippen LogP contribution is 2.34. The number of carbonyl (C=O) groups is 1. The molecule has 0 fully saturated rings. The van der Waals surface area contributed by atoms with Gasteiger partial charge in [-0.3, -0.25) is 4.79 Å². The largest absolute Gasteiger partial charge is 0.435 e. The van der Waals surface area contributed by atoms with E-state index in [2.05, 4.69) is 34.1 Å². The number of hydrogen-bond donors (Lipinski definition) is 1. The average Bonchev–Trinajstić information content (AvgIpc) is 3.39. The van der Waals surface area contributed by atoms with Crippen molar-refractivity contribution >= 4 is 40.2 Å². The lowest BCUT2D eigenvalue weighted by molar-refractivity contribution is -0.141. The molecule has 2 aromatic carbocycles. The Labute approximate surface area is 198 Å². The molecule has 5 nitrogen and oxygen atoms in total. The summed E-state index contributed by atoms with van der Waals surface area (Å²) in [5.41, 5.74) is 2.63. The second-order valence-electron chi connectivity index (χ2n) is 8.01. The molecule has 9 heteroatoms. The molecule has 2 heterocycles. The molecule has 4 aromatic rings. The number of carbonyl (C=O) groups excluding carboxylic acids is 1. The molecule has 1 aliphatic rings. The molecule has 1 amide bonds. The Kier molecular flexibility index (Phi) is 5.48. The minimum atomic E-state index is -4.71. The van der Waals surface area contributed by atoms with Crippen LogP contribution in [0.2, 0.25) is 5.02 Å². The molecule has 0 saturated carbocycles. The highest BCUT2D eigenvalue weighted by atomic mass is 35.5. The van der Waals surface area contributed by atoms with Gasteiger partial charge in [0.2, 0.25) is 0 Å². The molecule has 2 aromatic heterocycles. The first kappa shape index (κ1) is 22.3. The van der Waals surface area contributed by atoms with Crippen LogP contribution in [-0.2, 0) is 19.1 Å². The van der Waals surface area contributed by atoms with Gasteiger partial charge in [-0.1, -0.05) is 35.9 Å². The van der Waals surface area contributed by atoms with Crippen molar-refractivity contribution in [3.8, 4) is 5.69 Å². The van der Waals surface area contributed by atoms with Crippen LogP contribution >= 0.6 is 11.6 Å². The molecule has 34 heavy (non-hydrogen) atoms.